The lowest BCUT2D eigenvalue weighted by molar-refractivity contribution is -0.123. The lowest BCUT2D eigenvalue weighted by Gasteiger charge is -2.29. The Balaban J connectivity index is 2.03. The summed E-state index contributed by atoms with van der Waals surface area (Å²) in [6.07, 6.45) is 10.8. The molecule has 0 amide bonds. The monoisotopic (exact) mass is 452 g/mol. The zero-order chi connectivity index (χ0) is 24.6. The Morgan fingerprint density at radius 3 is 2.30 bits per heavy atom. The number of nitrogens with one attached hydrogen (secondary N) is 2. The Morgan fingerprint density at radius 2 is 1.73 bits per heavy atom. The Labute approximate surface area is 201 Å². The number of Topliss-reactive ketones (excluding diaryl/α,β-unsaturated/α-hetero) is 2. The molecule has 2 N–H and O–H groups in total. The first-order valence-electron chi connectivity index (χ1n) is 12.8. The van der Waals surface area contributed by atoms with Crippen LogP contribution in [-0.4, -0.2) is 23.5 Å². The van der Waals surface area contributed by atoms with Gasteiger partial charge in [0.2, 0.25) is 5.78 Å². The number of ketones is 2. The highest BCUT2D eigenvalue weighted by atomic mass is 16.1. The van der Waals surface area contributed by atoms with E-state index in [-0.39, 0.29) is 22.7 Å². The van der Waals surface area contributed by atoms with Crippen molar-refractivity contribution >= 4 is 23.5 Å². The van der Waals surface area contributed by atoms with Gasteiger partial charge < -0.3 is 10.8 Å². The highest BCUT2D eigenvalue weighted by Gasteiger charge is 2.28. The van der Waals surface area contributed by atoms with Gasteiger partial charge in [-0.2, -0.15) is 0 Å². The molecular formula is C29H44N2O2. The molecule has 1 aliphatic rings. The van der Waals surface area contributed by atoms with Crippen molar-refractivity contribution in [1.29, 1.82) is 10.8 Å². The van der Waals surface area contributed by atoms with Crippen LogP contribution in [0.3, 0.4) is 0 Å². The molecule has 0 spiro atoms. The average Bonchev–Trinajstić information content (AvgIpc) is 3.01. The Bertz CT molecular complexity index is 845. The molecule has 0 aromatic heterocycles. The van der Waals surface area contributed by atoms with Crippen molar-refractivity contribution in [3.05, 3.63) is 34.9 Å². The van der Waals surface area contributed by atoms with Crippen LogP contribution in [0.1, 0.15) is 107 Å². The Kier molecular flexibility index (Phi) is 10.2. The predicted octanol–water partition coefficient (Wildman–Crippen LogP) is 7.40. The first kappa shape index (κ1) is 27.1. The number of rotatable bonds is 12. The van der Waals surface area contributed by atoms with Crippen LogP contribution >= 0.6 is 0 Å². The lowest BCUT2D eigenvalue weighted by Crippen LogP contribution is -2.28. The van der Waals surface area contributed by atoms with Gasteiger partial charge in [0.25, 0.3) is 0 Å². The highest BCUT2D eigenvalue weighted by Crippen LogP contribution is 2.32. The summed E-state index contributed by atoms with van der Waals surface area (Å²) >= 11 is 0. The topological polar surface area (TPSA) is 81.8 Å². The van der Waals surface area contributed by atoms with Crippen molar-refractivity contribution in [2.45, 2.75) is 98.8 Å². The van der Waals surface area contributed by atoms with Crippen molar-refractivity contribution in [1.82, 2.24) is 0 Å². The van der Waals surface area contributed by atoms with Crippen LogP contribution in [0.4, 0.5) is 0 Å². The summed E-state index contributed by atoms with van der Waals surface area (Å²) in [6, 6.07) is 5.81. The standard InChI is InChI=1S/C29H44N2O2/c1-20(2)29(4,5)18-27(32)24(19-30)13-12-23-14-21(3)15-25(16-23)28(33)26(31)17-22-10-8-6-7-9-11-22/h14-16,19-20,22,24,30-31H,6-13,17-18H2,1-5H3. The third-order valence-electron chi connectivity index (χ3n) is 7.69. The molecule has 1 aliphatic carbocycles. The second-order valence-corrected chi connectivity index (χ2v) is 11.2. The number of hydrogen-bond donors (Lipinski definition) is 2. The fourth-order valence-corrected chi connectivity index (χ4v) is 4.71. The third-order valence-corrected chi connectivity index (χ3v) is 7.69. The predicted molar refractivity (Wildman–Crippen MR) is 138 cm³/mol. The van der Waals surface area contributed by atoms with Gasteiger partial charge in [0.1, 0.15) is 5.78 Å². The van der Waals surface area contributed by atoms with Gasteiger partial charge in [0.15, 0.2) is 0 Å². The SMILES string of the molecule is Cc1cc(CCC(C=N)C(=O)CC(C)(C)C(C)C)cc(C(=O)C(=N)CC2CCCCCC2)c1. The molecule has 4 nitrogen and oxygen atoms in total. The van der Waals surface area contributed by atoms with Gasteiger partial charge in [0, 0.05) is 18.2 Å². The van der Waals surface area contributed by atoms with Crippen LogP contribution in [0.25, 0.3) is 0 Å². The van der Waals surface area contributed by atoms with Crippen molar-refractivity contribution in [3.8, 4) is 0 Å². The van der Waals surface area contributed by atoms with Crippen molar-refractivity contribution in [2.75, 3.05) is 0 Å². The highest BCUT2D eigenvalue weighted by molar-refractivity contribution is 6.44. The fraction of sp³-hybridized carbons (Fsp3) is 0.655. The Morgan fingerprint density at radius 1 is 1.09 bits per heavy atom. The van der Waals surface area contributed by atoms with Crippen LogP contribution in [0.2, 0.25) is 0 Å². The molecule has 0 heterocycles. The summed E-state index contributed by atoms with van der Waals surface area (Å²) in [7, 11) is 0. The molecule has 1 saturated carbocycles. The molecule has 0 saturated heterocycles. The van der Waals surface area contributed by atoms with E-state index in [2.05, 4.69) is 33.8 Å². The number of carbonyl (C=O) groups excluding carboxylic acids is 2. The molecule has 0 aliphatic heterocycles. The molecule has 1 unspecified atom stereocenters. The summed E-state index contributed by atoms with van der Waals surface area (Å²) < 4.78 is 0. The van der Waals surface area contributed by atoms with E-state index in [1.807, 2.05) is 19.1 Å². The third kappa shape index (κ3) is 8.32. The number of aryl methyl sites for hydroxylation is 2. The van der Waals surface area contributed by atoms with E-state index in [4.69, 9.17) is 10.8 Å². The minimum Gasteiger partial charge on any atom is -0.312 e. The van der Waals surface area contributed by atoms with Gasteiger partial charge in [-0.3, -0.25) is 9.59 Å². The summed E-state index contributed by atoms with van der Waals surface area (Å²) in [5.41, 5.74) is 2.73. The van der Waals surface area contributed by atoms with E-state index >= 15 is 0 Å². The van der Waals surface area contributed by atoms with Gasteiger partial charge in [0.05, 0.1) is 11.6 Å². The smallest absolute Gasteiger partial charge is 0.206 e. The van der Waals surface area contributed by atoms with Crippen LogP contribution in [0, 0.1) is 40.9 Å². The van der Waals surface area contributed by atoms with Crippen LogP contribution < -0.4 is 0 Å². The molecule has 1 aromatic carbocycles. The van der Waals surface area contributed by atoms with Crippen LogP contribution in [0.15, 0.2) is 18.2 Å². The summed E-state index contributed by atoms with van der Waals surface area (Å²) in [5, 5.41) is 16.2. The van der Waals surface area contributed by atoms with E-state index in [1.54, 1.807) is 0 Å². The molecule has 1 atom stereocenters. The second-order valence-electron chi connectivity index (χ2n) is 11.2. The average molecular weight is 453 g/mol. The van der Waals surface area contributed by atoms with Crippen LogP contribution in [0.5, 0.6) is 0 Å². The maximum atomic E-state index is 13.0. The fourth-order valence-electron chi connectivity index (χ4n) is 4.71. The lowest BCUT2D eigenvalue weighted by atomic mass is 9.75. The van der Waals surface area contributed by atoms with Crippen molar-refractivity contribution in [3.63, 3.8) is 0 Å². The van der Waals surface area contributed by atoms with Gasteiger partial charge >= 0.3 is 0 Å². The molecule has 33 heavy (non-hydrogen) atoms. The van der Waals surface area contributed by atoms with Crippen molar-refractivity contribution < 1.29 is 9.59 Å². The van der Waals surface area contributed by atoms with Gasteiger partial charge in [-0.05, 0) is 61.1 Å². The van der Waals surface area contributed by atoms with E-state index in [9.17, 15) is 9.59 Å². The first-order valence-corrected chi connectivity index (χ1v) is 12.8. The molecule has 182 valence electrons. The number of benzene rings is 1. The molecule has 0 radical (unpaired) electrons. The first-order chi connectivity index (χ1) is 15.5. The van der Waals surface area contributed by atoms with E-state index < -0.39 is 5.92 Å². The van der Waals surface area contributed by atoms with Crippen molar-refractivity contribution in [2.24, 2.45) is 23.2 Å². The van der Waals surface area contributed by atoms with E-state index in [0.717, 1.165) is 24.0 Å². The largest absolute Gasteiger partial charge is 0.312 e. The number of hydrogen-bond acceptors (Lipinski definition) is 4. The van der Waals surface area contributed by atoms with Gasteiger partial charge in [-0.15, -0.1) is 0 Å². The van der Waals surface area contributed by atoms with Gasteiger partial charge in [-0.25, -0.2) is 0 Å². The molecule has 0 bridgehead atoms. The van der Waals surface area contributed by atoms with E-state index in [1.165, 1.54) is 31.9 Å². The molecule has 1 fully saturated rings. The van der Waals surface area contributed by atoms with Crippen LogP contribution in [-0.2, 0) is 11.2 Å². The van der Waals surface area contributed by atoms with E-state index in [0.29, 0.717) is 43.1 Å². The minimum atomic E-state index is -0.392. The zero-order valence-corrected chi connectivity index (χ0v) is 21.4. The number of carbonyl (C=O) groups is 2. The second kappa shape index (κ2) is 12.4. The summed E-state index contributed by atoms with van der Waals surface area (Å²) in [5.74, 6) is 0.422. The maximum Gasteiger partial charge on any atom is 0.206 e. The Hall–Kier alpha value is -2.10. The molecule has 2 rings (SSSR count). The summed E-state index contributed by atoms with van der Waals surface area (Å²) in [4.78, 5) is 25.8. The zero-order valence-electron chi connectivity index (χ0n) is 21.4. The van der Waals surface area contributed by atoms with Gasteiger partial charge in [-0.1, -0.05) is 77.8 Å². The maximum absolute atomic E-state index is 13.0. The quantitative estimate of drug-likeness (QED) is 0.197. The minimum absolute atomic E-state index is 0.0843. The normalized spacial score (nSPS) is 16.3. The molecule has 4 heteroatoms. The summed E-state index contributed by atoms with van der Waals surface area (Å²) in [6.45, 7) is 10.5. The molecule has 1 aromatic rings. The molecular weight excluding hydrogens is 408 g/mol.